The van der Waals surface area contributed by atoms with Gasteiger partial charge in [0, 0.05) is 58.8 Å². The zero-order chi connectivity index (χ0) is 25.5. The lowest BCUT2D eigenvalue weighted by Gasteiger charge is -2.36. The van der Waals surface area contributed by atoms with E-state index in [-0.39, 0.29) is 11.9 Å². The van der Waals surface area contributed by atoms with Crippen LogP contribution in [0.25, 0.3) is 0 Å². The first-order valence-corrected chi connectivity index (χ1v) is 13.8. The lowest BCUT2D eigenvalue weighted by atomic mass is 9.99. The fourth-order valence-corrected chi connectivity index (χ4v) is 5.90. The van der Waals surface area contributed by atoms with Gasteiger partial charge in [0.1, 0.15) is 6.61 Å². The number of likely N-dealkylation sites (tertiary alicyclic amines) is 3. The summed E-state index contributed by atoms with van der Waals surface area (Å²) in [6, 6.07) is 6.48. The van der Waals surface area contributed by atoms with Gasteiger partial charge >= 0.3 is 0 Å². The Labute approximate surface area is 216 Å². The molecule has 0 aliphatic carbocycles. The van der Waals surface area contributed by atoms with E-state index in [4.69, 9.17) is 9.47 Å². The first kappa shape index (κ1) is 27.2. The summed E-state index contributed by atoms with van der Waals surface area (Å²) in [5.74, 6) is 2.46. The second-order valence-corrected chi connectivity index (χ2v) is 11.3. The maximum atomic E-state index is 11.3. The lowest BCUT2D eigenvalue weighted by molar-refractivity contribution is -0.120. The van der Waals surface area contributed by atoms with E-state index < -0.39 is 5.60 Å². The predicted octanol–water partition coefficient (Wildman–Crippen LogP) is 2.34. The van der Waals surface area contributed by atoms with Crippen LogP contribution in [0, 0.1) is 5.92 Å². The van der Waals surface area contributed by atoms with Gasteiger partial charge in [-0.15, -0.1) is 0 Å². The van der Waals surface area contributed by atoms with E-state index >= 15 is 0 Å². The van der Waals surface area contributed by atoms with Crippen LogP contribution < -0.4 is 14.8 Å². The molecule has 3 heterocycles. The molecule has 0 unspecified atom stereocenters. The number of benzene rings is 1. The number of amides is 1. The molecule has 1 amide bonds. The zero-order valence-corrected chi connectivity index (χ0v) is 22.5. The molecule has 1 atom stereocenters. The summed E-state index contributed by atoms with van der Waals surface area (Å²) in [5, 5.41) is 14.3. The average molecular weight is 503 g/mol. The SMILES string of the molecule is COc1cc(CN2CC[C@@](O)(CN3CCC(NC(C)=O)CC3)C2)ccc1OCCN1CCC(C)CC1. The van der Waals surface area contributed by atoms with E-state index in [9.17, 15) is 9.90 Å². The molecule has 0 radical (unpaired) electrons. The number of aliphatic hydroxyl groups is 1. The summed E-state index contributed by atoms with van der Waals surface area (Å²) in [6.07, 6.45) is 5.24. The summed E-state index contributed by atoms with van der Waals surface area (Å²) in [5.41, 5.74) is 0.491. The highest BCUT2D eigenvalue weighted by molar-refractivity contribution is 5.73. The van der Waals surface area contributed by atoms with Gasteiger partial charge in [0.25, 0.3) is 0 Å². The third-order valence-electron chi connectivity index (χ3n) is 8.10. The van der Waals surface area contributed by atoms with Crippen molar-refractivity contribution in [1.29, 1.82) is 0 Å². The maximum absolute atomic E-state index is 11.3. The molecule has 0 aromatic heterocycles. The minimum absolute atomic E-state index is 0.0434. The van der Waals surface area contributed by atoms with Gasteiger partial charge in [-0.2, -0.15) is 0 Å². The average Bonchev–Trinajstić information content (AvgIpc) is 3.21. The molecule has 1 aromatic carbocycles. The first-order chi connectivity index (χ1) is 17.3. The lowest BCUT2D eigenvalue weighted by Crippen LogP contribution is -2.50. The van der Waals surface area contributed by atoms with Crippen molar-refractivity contribution in [3.05, 3.63) is 23.8 Å². The van der Waals surface area contributed by atoms with Crippen molar-refractivity contribution in [3.63, 3.8) is 0 Å². The summed E-state index contributed by atoms with van der Waals surface area (Å²) >= 11 is 0. The number of nitrogens with one attached hydrogen (secondary N) is 1. The van der Waals surface area contributed by atoms with Gasteiger partial charge < -0.3 is 24.8 Å². The van der Waals surface area contributed by atoms with Gasteiger partial charge in [-0.1, -0.05) is 13.0 Å². The van der Waals surface area contributed by atoms with Gasteiger partial charge in [0.15, 0.2) is 11.5 Å². The molecule has 0 saturated carbocycles. The fraction of sp³-hybridized carbons (Fsp3) is 0.750. The molecule has 4 rings (SSSR count). The van der Waals surface area contributed by atoms with Crippen LogP contribution in [0.5, 0.6) is 11.5 Å². The molecule has 3 saturated heterocycles. The Morgan fingerprint density at radius 2 is 1.78 bits per heavy atom. The van der Waals surface area contributed by atoms with Crippen molar-refractivity contribution >= 4 is 5.91 Å². The van der Waals surface area contributed by atoms with E-state index in [1.165, 1.54) is 18.4 Å². The van der Waals surface area contributed by atoms with Gasteiger partial charge in [0.2, 0.25) is 5.91 Å². The molecular weight excluding hydrogens is 456 g/mol. The monoisotopic (exact) mass is 502 g/mol. The number of piperidine rings is 2. The normalized spacial score (nSPS) is 25.2. The van der Waals surface area contributed by atoms with Crippen molar-refractivity contribution in [2.24, 2.45) is 5.92 Å². The van der Waals surface area contributed by atoms with Gasteiger partial charge in [-0.25, -0.2) is 0 Å². The summed E-state index contributed by atoms with van der Waals surface area (Å²) in [6.45, 7) is 12.7. The van der Waals surface area contributed by atoms with Crippen LogP contribution in [0.3, 0.4) is 0 Å². The van der Waals surface area contributed by atoms with E-state index in [1.807, 2.05) is 6.07 Å². The van der Waals surface area contributed by atoms with Crippen molar-refractivity contribution in [1.82, 2.24) is 20.0 Å². The quantitative estimate of drug-likeness (QED) is 0.509. The summed E-state index contributed by atoms with van der Waals surface area (Å²) in [4.78, 5) is 18.5. The largest absolute Gasteiger partial charge is 0.493 e. The Balaban J connectivity index is 1.22. The van der Waals surface area contributed by atoms with E-state index in [2.05, 4.69) is 39.1 Å². The Morgan fingerprint density at radius 1 is 1.06 bits per heavy atom. The number of methoxy groups -OCH3 is 1. The molecule has 2 N–H and O–H groups in total. The molecular formula is C28H46N4O4. The number of carbonyl (C=O) groups is 1. The molecule has 0 bridgehead atoms. The molecule has 0 spiro atoms. The molecule has 36 heavy (non-hydrogen) atoms. The Kier molecular flexibility index (Phi) is 9.50. The van der Waals surface area contributed by atoms with Crippen LogP contribution in [-0.4, -0.2) is 103 Å². The Hall–Kier alpha value is -1.87. The second-order valence-electron chi connectivity index (χ2n) is 11.3. The van der Waals surface area contributed by atoms with Crippen molar-refractivity contribution in [3.8, 4) is 11.5 Å². The second kappa shape index (κ2) is 12.6. The Bertz CT molecular complexity index is 852. The standard InChI is InChI=1S/C28H46N4O4/c1-22-6-11-30(12-7-22)16-17-36-26-5-4-24(18-27(26)35-3)19-32-15-10-28(34,21-32)20-31-13-8-25(9-14-31)29-23(2)33/h4-5,18,22,25,34H,6-17,19-21H2,1-3H3,(H,29,33)/t28-/m1/s1. The maximum Gasteiger partial charge on any atom is 0.217 e. The van der Waals surface area contributed by atoms with E-state index in [0.29, 0.717) is 19.7 Å². The third kappa shape index (κ3) is 7.81. The van der Waals surface area contributed by atoms with Crippen LogP contribution in [0.2, 0.25) is 0 Å². The number of nitrogens with zero attached hydrogens (tertiary/aromatic N) is 3. The number of ether oxygens (including phenoxy) is 2. The van der Waals surface area contributed by atoms with Gasteiger partial charge in [-0.05, 0) is 68.8 Å². The van der Waals surface area contributed by atoms with Crippen LogP contribution in [0.4, 0.5) is 0 Å². The van der Waals surface area contributed by atoms with Crippen molar-refractivity contribution in [2.45, 2.75) is 64.1 Å². The molecule has 8 nitrogen and oxygen atoms in total. The van der Waals surface area contributed by atoms with Crippen LogP contribution in [0.15, 0.2) is 18.2 Å². The molecule has 3 aliphatic rings. The highest BCUT2D eigenvalue weighted by atomic mass is 16.5. The zero-order valence-electron chi connectivity index (χ0n) is 22.5. The first-order valence-electron chi connectivity index (χ1n) is 13.8. The molecule has 3 fully saturated rings. The van der Waals surface area contributed by atoms with Gasteiger partial charge in [-0.3, -0.25) is 14.6 Å². The highest BCUT2D eigenvalue weighted by Crippen LogP contribution is 2.31. The smallest absolute Gasteiger partial charge is 0.217 e. The van der Waals surface area contributed by atoms with Crippen LogP contribution in [0.1, 0.15) is 51.5 Å². The van der Waals surface area contributed by atoms with Crippen LogP contribution in [-0.2, 0) is 11.3 Å². The topological polar surface area (TPSA) is 77.5 Å². The fourth-order valence-electron chi connectivity index (χ4n) is 5.90. The predicted molar refractivity (Wildman–Crippen MR) is 141 cm³/mol. The van der Waals surface area contributed by atoms with Crippen molar-refractivity contribution < 1.29 is 19.4 Å². The number of carbonyl (C=O) groups excluding carboxylic acids is 1. The van der Waals surface area contributed by atoms with Crippen molar-refractivity contribution in [2.75, 3.05) is 66.1 Å². The summed E-state index contributed by atoms with van der Waals surface area (Å²) < 4.78 is 11.7. The number of hydrogen-bond donors (Lipinski definition) is 2. The number of β-amino-alcohol motifs (C(OH)–C–C–N with tert-alkyl or cyclic N) is 1. The molecule has 1 aromatic rings. The summed E-state index contributed by atoms with van der Waals surface area (Å²) in [7, 11) is 1.70. The number of rotatable bonds is 10. The van der Waals surface area contributed by atoms with Gasteiger partial charge in [0.05, 0.1) is 12.7 Å². The minimum atomic E-state index is -0.680. The highest BCUT2D eigenvalue weighted by Gasteiger charge is 2.38. The minimum Gasteiger partial charge on any atom is -0.493 e. The molecule has 3 aliphatic heterocycles. The van der Waals surface area contributed by atoms with E-state index in [0.717, 1.165) is 82.5 Å². The third-order valence-corrected chi connectivity index (χ3v) is 8.10. The molecule has 8 heteroatoms. The number of hydrogen-bond acceptors (Lipinski definition) is 7. The van der Waals surface area contributed by atoms with Crippen LogP contribution >= 0.6 is 0 Å². The Morgan fingerprint density at radius 3 is 2.47 bits per heavy atom. The molecule has 202 valence electrons. The van der Waals surface area contributed by atoms with E-state index in [1.54, 1.807) is 14.0 Å².